The molecule has 0 radical (unpaired) electrons. The maximum absolute atomic E-state index is 12.4. The Morgan fingerprint density at radius 2 is 1.10 bits per heavy atom. The number of ether oxygens (including phenoxy) is 1. The van der Waals surface area contributed by atoms with Crippen molar-refractivity contribution in [3.8, 4) is 0 Å². The molecule has 0 N–H and O–H groups in total. The lowest BCUT2D eigenvalue weighted by Gasteiger charge is -2.35. The summed E-state index contributed by atoms with van der Waals surface area (Å²) in [7, 11) is 0. The van der Waals surface area contributed by atoms with Gasteiger partial charge in [0, 0.05) is 0 Å². The zero-order valence-electron chi connectivity index (χ0n) is 19.6. The second-order valence-electron chi connectivity index (χ2n) is 10.1. The van der Waals surface area contributed by atoms with Crippen LogP contribution in [0.2, 0.25) is 0 Å². The van der Waals surface area contributed by atoms with Gasteiger partial charge < -0.3 is 4.74 Å². The van der Waals surface area contributed by atoms with Crippen LogP contribution in [0.15, 0.2) is 0 Å². The standard InChI is InChI=1S/C27H50O2/c1-2-3-4-5-6-7-8-9-10-11-12-16-23-29-27(28)26-21-19-25(20-22-26)24-17-14-13-15-18-24/h24-26H,2-23H2,1H3. The molecule has 2 heteroatoms. The van der Waals surface area contributed by atoms with Gasteiger partial charge in [-0.05, 0) is 43.9 Å². The first-order valence-corrected chi connectivity index (χ1v) is 13.5. The molecule has 0 saturated heterocycles. The van der Waals surface area contributed by atoms with Crippen molar-refractivity contribution in [2.75, 3.05) is 6.61 Å². The Labute approximate surface area is 181 Å². The van der Waals surface area contributed by atoms with E-state index in [-0.39, 0.29) is 11.9 Å². The van der Waals surface area contributed by atoms with Crippen LogP contribution in [0.3, 0.4) is 0 Å². The molecule has 2 aliphatic rings. The van der Waals surface area contributed by atoms with Crippen LogP contribution in [0.1, 0.15) is 142 Å². The first-order valence-electron chi connectivity index (χ1n) is 13.5. The van der Waals surface area contributed by atoms with Gasteiger partial charge in [0.2, 0.25) is 0 Å². The van der Waals surface area contributed by atoms with Crippen molar-refractivity contribution in [3.05, 3.63) is 0 Å². The van der Waals surface area contributed by atoms with Crippen LogP contribution in [0.5, 0.6) is 0 Å². The van der Waals surface area contributed by atoms with Crippen LogP contribution in [0, 0.1) is 17.8 Å². The van der Waals surface area contributed by atoms with Crippen LogP contribution < -0.4 is 0 Å². The number of carbonyl (C=O) groups excluding carboxylic acids is 1. The quantitative estimate of drug-likeness (QED) is 0.201. The molecule has 0 aliphatic heterocycles. The van der Waals surface area contributed by atoms with E-state index >= 15 is 0 Å². The fourth-order valence-corrected chi connectivity index (χ4v) is 5.67. The van der Waals surface area contributed by atoms with Gasteiger partial charge in [-0.3, -0.25) is 4.79 Å². The minimum absolute atomic E-state index is 0.107. The Bertz CT molecular complexity index is 391. The van der Waals surface area contributed by atoms with Gasteiger partial charge in [0.15, 0.2) is 0 Å². The third kappa shape index (κ3) is 10.9. The molecule has 0 heterocycles. The Balaban J connectivity index is 1.37. The number of hydrogen-bond acceptors (Lipinski definition) is 2. The molecule has 0 atom stereocenters. The molecule has 0 aromatic heterocycles. The summed E-state index contributed by atoms with van der Waals surface area (Å²) < 4.78 is 5.62. The molecule has 2 fully saturated rings. The molecule has 0 spiro atoms. The van der Waals surface area contributed by atoms with Gasteiger partial charge in [-0.2, -0.15) is 0 Å². The summed E-state index contributed by atoms with van der Waals surface area (Å²) in [5.74, 6) is 2.17. The summed E-state index contributed by atoms with van der Waals surface area (Å²) in [6.45, 7) is 2.93. The summed E-state index contributed by atoms with van der Waals surface area (Å²) in [5.41, 5.74) is 0. The molecule has 2 nitrogen and oxygen atoms in total. The third-order valence-corrected chi connectivity index (χ3v) is 7.66. The largest absolute Gasteiger partial charge is 0.465 e. The maximum Gasteiger partial charge on any atom is 0.308 e. The van der Waals surface area contributed by atoms with E-state index in [9.17, 15) is 4.79 Å². The van der Waals surface area contributed by atoms with E-state index in [0.717, 1.165) is 31.1 Å². The number of esters is 1. The van der Waals surface area contributed by atoms with E-state index in [1.54, 1.807) is 0 Å². The van der Waals surface area contributed by atoms with Crippen molar-refractivity contribution in [1.82, 2.24) is 0 Å². The molecule has 0 bridgehead atoms. The molecule has 0 amide bonds. The van der Waals surface area contributed by atoms with Gasteiger partial charge in [-0.25, -0.2) is 0 Å². The van der Waals surface area contributed by atoms with Gasteiger partial charge in [-0.15, -0.1) is 0 Å². The second kappa shape index (κ2) is 16.2. The molecule has 2 rings (SSSR count). The van der Waals surface area contributed by atoms with Gasteiger partial charge in [0.05, 0.1) is 12.5 Å². The van der Waals surface area contributed by atoms with Crippen LogP contribution >= 0.6 is 0 Å². The number of hydrogen-bond donors (Lipinski definition) is 0. The lowest BCUT2D eigenvalue weighted by atomic mass is 9.71. The molecular formula is C27H50O2. The summed E-state index contributed by atoms with van der Waals surface area (Å²) in [6.07, 6.45) is 28.1. The Morgan fingerprint density at radius 3 is 1.66 bits per heavy atom. The van der Waals surface area contributed by atoms with Crippen molar-refractivity contribution < 1.29 is 9.53 Å². The van der Waals surface area contributed by atoms with Gasteiger partial charge in [0.25, 0.3) is 0 Å². The van der Waals surface area contributed by atoms with Gasteiger partial charge in [0.1, 0.15) is 0 Å². The minimum atomic E-state index is 0.107. The predicted octanol–water partition coefficient (Wildman–Crippen LogP) is 8.62. The van der Waals surface area contributed by atoms with E-state index in [4.69, 9.17) is 4.74 Å². The average molecular weight is 407 g/mol. The lowest BCUT2D eigenvalue weighted by Crippen LogP contribution is -2.28. The maximum atomic E-state index is 12.4. The second-order valence-corrected chi connectivity index (χ2v) is 10.1. The SMILES string of the molecule is CCCCCCCCCCCCCCOC(=O)C1CCC(C2CCCCC2)CC1. The van der Waals surface area contributed by atoms with Gasteiger partial charge in [-0.1, -0.05) is 110 Å². The molecule has 170 valence electrons. The zero-order valence-corrected chi connectivity index (χ0v) is 19.6. The van der Waals surface area contributed by atoms with Crippen molar-refractivity contribution in [2.24, 2.45) is 17.8 Å². The molecule has 0 unspecified atom stereocenters. The molecule has 0 aromatic rings. The smallest absolute Gasteiger partial charge is 0.308 e. The van der Waals surface area contributed by atoms with Crippen molar-refractivity contribution in [2.45, 2.75) is 142 Å². The highest BCUT2D eigenvalue weighted by molar-refractivity contribution is 5.72. The summed E-state index contributed by atoms with van der Waals surface area (Å²) in [6, 6.07) is 0. The summed E-state index contributed by atoms with van der Waals surface area (Å²) in [5, 5.41) is 0. The molecular weight excluding hydrogens is 356 g/mol. The highest BCUT2D eigenvalue weighted by Crippen LogP contribution is 2.40. The summed E-state index contributed by atoms with van der Waals surface area (Å²) >= 11 is 0. The first-order chi connectivity index (χ1) is 14.3. The van der Waals surface area contributed by atoms with Crippen LogP contribution in [-0.2, 0) is 9.53 Å². The number of unbranched alkanes of at least 4 members (excludes halogenated alkanes) is 11. The fourth-order valence-electron chi connectivity index (χ4n) is 5.67. The van der Waals surface area contributed by atoms with Gasteiger partial charge >= 0.3 is 5.97 Å². The average Bonchev–Trinajstić information content (AvgIpc) is 2.77. The molecule has 0 aromatic carbocycles. The number of carbonyl (C=O) groups is 1. The van der Waals surface area contributed by atoms with E-state index in [2.05, 4.69) is 6.92 Å². The fraction of sp³-hybridized carbons (Fsp3) is 0.963. The normalized spacial score (nSPS) is 23.2. The Morgan fingerprint density at radius 1 is 0.621 bits per heavy atom. The van der Waals surface area contributed by atoms with Crippen molar-refractivity contribution in [3.63, 3.8) is 0 Å². The minimum Gasteiger partial charge on any atom is -0.465 e. The highest BCUT2D eigenvalue weighted by Gasteiger charge is 2.31. The third-order valence-electron chi connectivity index (χ3n) is 7.66. The highest BCUT2D eigenvalue weighted by atomic mass is 16.5. The van der Waals surface area contributed by atoms with E-state index in [1.807, 2.05) is 0 Å². The van der Waals surface area contributed by atoms with Crippen molar-refractivity contribution in [1.29, 1.82) is 0 Å². The summed E-state index contributed by atoms with van der Waals surface area (Å²) in [4.78, 5) is 12.4. The monoisotopic (exact) mass is 406 g/mol. The first kappa shape index (κ1) is 24.7. The van der Waals surface area contributed by atoms with E-state index in [0.29, 0.717) is 6.61 Å². The van der Waals surface area contributed by atoms with Crippen LogP contribution in [0.25, 0.3) is 0 Å². The van der Waals surface area contributed by atoms with Crippen LogP contribution in [-0.4, -0.2) is 12.6 Å². The van der Waals surface area contributed by atoms with E-state index in [1.165, 1.54) is 116 Å². The Hall–Kier alpha value is -0.530. The molecule has 2 aliphatic carbocycles. The predicted molar refractivity (Wildman–Crippen MR) is 124 cm³/mol. The van der Waals surface area contributed by atoms with E-state index < -0.39 is 0 Å². The Kier molecular flexibility index (Phi) is 13.8. The van der Waals surface area contributed by atoms with Crippen molar-refractivity contribution >= 4 is 5.97 Å². The van der Waals surface area contributed by atoms with Crippen LogP contribution in [0.4, 0.5) is 0 Å². The topological polar surface area (TPSA) is 26.3 Å². The lowest BCUT2D eigenvalue weighted by molar-refractivity contribution is -0.150. The molecule has 2 saturated carbocycles. The zero-order chi connectivity index (χ0) is 20.6. The number of rotatable bonds is 15. The molecule has 29 heavy (non-hydrogen) atoms.